The molecule has 0 fully saturated rings. The van der Waals surface area contributed by atoms with Crippen molar-refractivity contribution in [2.45, 2.75) is 58.3 Å². The Hall–Kier alpha value is -0.890. The SMILES string of the molecule is Cc1nc2ccsc2c2c1CCCCCCCC2. The standard InChI is InChI=1S/C16H21NS/c1-12-13-8-6-4-2-3-5-7-9-14(13)16-15(17-12)10-11-18-16/h10-11H,2-9H2,1H3. The Labute approximate surface area is 113 Å². The first-order valence-corrected chi connectivity index (χ1v) is 8.10. The molecule has 0 aromatic carbocycles. The van der Waals surface area contributed by atoms with E-state index in [1.165, 1.54) is 67.3 Å². The van der Waals surface area contributed by atoms with Crippen LogP contribution in [-0.2, 0) is 12.8 Å². The first-order valence-electron chi connectivity index (χ1n) is 7.22. The molecular weight excluding hydrogens is 238 g/mol. The van der Waals surface area contributed by atoms with Crippen LogP contribution in [0.2, 0.25) is 0 Å². The molecular formula is C16H21NS. The minimum Gasteiger partial charge on any atom is -0.252 e. The Balaban J connectivity index is 2.08. The smallest absolute Gasteiger partial charge is 0.0815 e. The van der Waals surface area contributed by atoms with Gasteiger partial charge in [0.05, 0.1) is 10.2 Å². The Kier molecular flexibility index (Phi) is 3.64. The summed E-state index contributed by atoms with van der Waals surface area (Å²) in [4.78, 5) is 4.79. The molecule has 0 bridgehead atoms. The lowest BCUT2D eigenvalue weighted by Gasteiger charge is -2.15. The maximum Gasteiger partial charge on any atom is 0.0815 e. The molecule has 2 heterocycles. The molecule has 1 aliphatic carbocycles. The molecule has 2 aromatic heterocycles. The van der Waals surface area contributed by atoms with E-state index in [0.717, 1.165) is 0 Å². The molecule has 0 unspecified atom stereocenters. The van der Waals surface area contributed by atoms with Gasteiger partial charge in [-0.2, -0.15) is 0 Å². The van der Waals surface area contributed by atoms with Crippen LogP contribution in [0.4, 0.5) is 0 Å². The molecule has 3 rings (SSSR count). The first kappa shape index (κ1) is 12.2. The van der Waals surface area contributed by atoms with E-state index >= 15 is 0 Å². The van der Waals surface area contributed by atoms with E-state index in [9.17, 15) is 0 Å². The van der Waals surface area contributed by atoms with Crippen molar-refractivity contribution in [3.05, 3.63) is 28.3 Å². The van der Waals surface area contributed by atoms with Crippen LogP contribution >= 0.6 is 11.3 Å². The second-order valence-corrected chi connectivity index (χ2v) is 6.33. The molecule has 2 aromatic rings. The van der Waals surface area contributed by atoms with Gasteiger partial charge in [-0.3, -0.25) is 4.98 Å². The largest absolute Gasteiger partial charge is 0.252 e. The lowest BCUT2D eigenvalue weighted by atomic mass is 9.93. The molecule has 96 valence electrons. The Morgan fingerprint density at radius 2 is 1.61 bits per heavy atom. The normalized spacial score (nSPS) is 17.6. The van der Waals surface area contributed by atoms with E-state index in [4.69, 9.17) is 4.98 Å². The van der Waals surface area contributed by atoms with Crippen molar-refractivity contribution in [2.75, 3.05) is 0 Å². The lowest BCUT2D eigenvalue weighted by molar-refractivity contribution is 0.580. The minimum atomic E-state index is 1.22. The van der Waals surface area contributed by atoms with Crippen LogP contribution in [0.25, 0.3) is 10.2 Å². The van der Waals surface area contributed by atoms with E-state index in [1.807, 2.05) is 11.3 Å². The summed E-state index contributed by atoms with van der Waals surface area (Å²) < 4.78 is 1.45. The van der Waals surface area contributed by atoms with Crippen molar-refractivity contribution in [2.24, 2.45) is 0 Å². The average molecular weight is 259 g/mol. The molecule has 18 heavy (non-hydrogen) atoms. The third-order valence-corrected chi connectivity index (χ3v) is 5.07. The van der Waals surface area contributed by atoms with E-state index in [1.54, 1.807) is 11.1 Å². The Morgan fingerprint density at radius 3 is 2.39 bits per heavy atom. The van der Waals surface area contributed by atoms with E-state index < -0.39 is 0 Å². The molecule has 1 nitrogen and oxygen atoms in total. The van der Waals surface area contributed by atoms with Gasteiger partial charge in [0.1, 0.15) is 0 Å². The van der Waals surface area contributed by atoms with Crippen molar-refractivity contribution >= 4 is 21.6 Å². The van der Waals surface area contributed by atoms with Gasteiger partial charge in [-0.25, -0.2) is 0 Å². The number of nitrogens with zero attached hydrogens (tertiary/aromatic N) is 1. The van der Waals surface area contributed by atoms with Crippen molar-refractivity contribution < 1.29 is 0 Å². The number of thiophene rings is 1. The highest BCUT2D eigenvalue weighted by molar-refractivity contribution is 7.17. The number of hydrogen-bond acceptors (Lipinski definition) is 2. The van der Waals surface area contributed by atoms with Crippen molar-refractivity contribution in [1.29, 1.82) is 0 Å². The fourth-order valence-corrected chi connectivity index (χ4v) is 4.06. The number of fused-ring (bicyclic) bond motifs is 3. The highest BCUT2D eigenvalue weighted by Gasteiger charge is 2.14. The number of pyridine rings is 1. The van der Waals surface area contributed by atoms with Gasteiger partial charge in [0.2, 0.25) is 0 Å². The number of hydrogen-bond donors (Lipinski definition) is 0. The van der Waals surface area contributed by atoms with E-state index in [0.29, 0.717) is 0 Å². The van der Waals surface area contributed by atoms with Crippen LogP contribution in [0.3, 0.4) is 0 Å². The Morgan fingerprint density at radius 1 is 0.944 bits per heavy atom. The number of aromatic nitrogens is 1. The summed E-state index contributed by atoms with van der Waals surface area (Å²) in [6.07, 6.45) is 10.8. The molecule has 0 N–H and O–H groups in total. The van der Waals surface area contributed by atoms with Crippen LogP contribution in [0, 0.1) is 6.92 Å². The Bertz CT molecular complexity index is 541. The molecule has 0 aliphatic heterocycles. The van der Waals surface area contributed by atoms with Gasteiger partial charge < -0.3 is 0 Å². The molecule has 0 atom stereocenters. The number of rotatable bonds is 0. The van der Waals surface area contributed by atoms with Crippen molar-refractivity contribution in [3.8, 4) is 0 Å². The summed E-state index contributed by atoms with van der Waals surface area (Å²) in [5.41, 5.74) is 5.67. The topological polar surface area (TPSA) is 12.9 Å². The lowest BCUT2D eigenvalue weighted by Crippen LogP contribution is -2.03. The monoisotopic (exact) mass is 259 g/mol. The van der Waals surface area contributed by atoms with E-state index in [2.05, 4.69) is 18.4 Å². The molecule has 1 aliphatic rings. The molecule has 0 spiro atoms. The minimum absolute atomic E-state index is 1.22. The van der Waals surface area contributed by atoms with Gasteiger partial charge in [0, 0.05) is 5.69 Å². The van der Waals surface area contributed by atoms with E-state index in [-0.39, 0.29) is 0 Å². The second-order valence-electron chi connectivity index (χ2n) is 5.41. The highest BCUT2D eigenvalue weighted by atomic mass is 32.1. The van der Waals surface area contributed by atoms with Crippen LogP contribution in [0.15, 0.2) is 11.4 Å². The van der Waals surface area contributed by atoms with Gasteiger partial charge in [-0.15, -0.1) is 11.3 Å². The zero-order chi connectivity index (χ0) is 12.4. The maximum absolute atomic E-state index is 4.79. The molecule has 0 saturated heterocycles. The summed E-state index contributed by atoms with van der Waals surface area (Å²) >= 11 is 1.88. The molecule has 0 amide bonds. The van der Waals surface area contributed by atoms with Crippen LogP contribution in [0.1, 0.15) is 55.3 Å². The van der Waals surface area contributed by atoms with Crippen molar-refractivity contribution in [3.63, 3.8) is 0 Å². The zero-order valence-electron chi connectivity index (χ0n) is 11.2. The average Bonchev–Trinajstić information content (AvgIpc) is 2.83. The fraction of sp³-hybridized carbons (Fsp3) is 0.562. The van der Waals surface area contributed by atoms with Gasteiger partial charge >= 0.3 is 0 Å². The van der Waals surface area contributed by atoms with Crippen LogP contribution in [-0.4, -0.2) is 4.98 Å². The van der Waals surface area contributed by atoms with Crippen LogP contribution < -0.4 is 0 Å². The zero-order valence-corrected chi connectivity index (χ0v) is 12.0. The summed E-state index contributed by atoms with van der Waals surface area (Å²) in [6, 6.07) is 2.17. The van der Waals surface area contributed by atoms with Gasteiger partial charge in [0.15, 0.2) is 0 Å². The molecule has 0 radical (unpaired) electrons. The summed E-state index contributed by atoms with van der Waals surface area (Å²) in [5, 5.41) is 2.19. The quantitative estimate of drug-likeness (QED) is 0.645. The second kappa shape index (κ2) is 5.40. The van der Waals surface area contributed by atoms with Gasteiger partial charge in [-0.1, -0.05) is 25.7 Å². The predicted molar refractivity (Wildman–Crippen MR) is 79.5 cm³/mol. The maximum atomic E-state index is 4.79. The first-order chi connectivity index (χ1) is 8.86. The van der Waals surface area contributed by atoms with Crippen LogP contribution in [0.5, 0.6) is 0 Å². The molecule has 2 heteroatoms. The molecule has 0 saturated carbocycles. The summed E-state index contributed by atoms with van der Waals surface area (Å²) in [5.74, 6) is 0. The van der Waals surface area contributed by atoms with Gasteiger partial charge in [-0.05, 0) is 55.2 Å². The third kappa shape index (κ3) is 2.31. The summed E-state index contributed by atoms with van der Waals surface area (Å²) in [7, 11) is 0. The highest BCUT2D eigenvalue weighted by Crippen LogP contribution is 2.31. The predicted octanol–water partition coefficient (Wildman–Crippen LogP) is 5.04. The van der Waals surface area contributed by atoms with Gasteiger partial charge in [0.25, 0.3) is 0 Å². The fourth-order valence-electron chi connectivity index (χ4n) is 3.13. The van der Waals surface area contributed by atoms with Crippen molar-refractivity contribution in [1.82, 2.24) is 4.98 Å². The number of aryl methyl sites for hydroxylation is 2. The third-order valence-electron chi connectivity index (χ3n) is 4.11. The summed E-state index contributed by atoms with van der Waals surface area (Å²) in [6.45, 7) is 2.20.